The van der Waals surface area contributed by atoms with Gasteiger partial charge in [-0.3, -0.25) is 0 Å². The van der Waals surface area contributed by atoms with Gasteiger partial charge in [-0.2, -0.15) is 5.10 Å². The van der Waals surface area contributed by atoms with Crippen LogP contribution in [0.1, 0.15) is 37.4 Å². The second kappa shape index (κ2) is 6.08. The highest BCUT2D eigenvalue weighted by molar-refractivity contribution is 9.10. The van der Waals surface area contributed by atoms with Crippen molar-refractivity contribution in [1.29, 1.82) is 0 Å². The van der Waals surface area contributed by atoms with Crippen molar-refractivity contribution in [2.24, 2.45) is 11.0 Å². The third kappa shape index (κ3) is 2.72. The maximum Gasteiger partial charge on any atom is 0.190 e. The minimum Gasteiger partial charge on any atom is -0.468 e. The van der Waals surface area contributed by atoms with Gasteiger partial charge < -0.3 is 4.74 Å². The molecule has 2 aliphatic rings. The van der Waals surface area contributed by atoms with Gasteiger partial charge in [0.2, 0.25) is 0 Å². The molecule has 2 aliphatic heterocycles. The number of fused-ring (bicyclic) bond motifs is 3. The van der Waals surface area contributed by atoms with E-state index in [4.69, 9.17) is 21.4 Å². The van der Waals surface area contributed by atoms with Crippen LogP contribution in [0.25, 0.3) is 0 Å². The smallest absolute Gasteiger partial charge is 0.190 e. The Morgan fingerprint density at radius 3 is 2.67 bits per heavy atom. The number of rotatable bonds is 2. The molecular weight excluding hydrogens is 388 g/mol. The summed E-state index contributed by atoms with van der Waals surface area (Å²) in [6.07, 6.45) is 0.804. The molecule has 0 amide bonds. The Hall–Kier alpha value is -1.52. The van der Waals surface area contributed by atoms with Crippen LogP contribution in [0.5, 0.6) is 5.75 Å². The highest BCUT2D eigenvalue weighted by atomic mass is 79.9. The molecule has 4 rings (SSSR count). The monoisotopic (exact) mass is 404 g/mol. The average molecular weight is 406 g/mol. The second-order valence-electron chi connectivity index (χ2n) is 6.59. The first-order chi connectivity index (χ1) is 11.5. The Bertz CT molecular complexity index is 804. The molecule has 0 radical (unpaired) electrons. The van der Waals surface area contributed by atoms with Crippen LogP contribution < -0.4 is 4.74 Å². The molecule has 0 saturated heterocycles. The molecular formula is C19H18BrClN2O. The average Bonchev–Trinajstić information content (AvgIpc) is 3.00. The van der Waals surface area contributed by atoms with Crippen LogP contribution in [0.3, 0.4) is 0 Å². The number of benzene rings is 2. The maximum atomic E-state index is 6.22. The third-order valence-electron chi connectivity index (χ3n) is 4.53. The van der Waals surface area contributed by atoms with Crippen molar-refractivity contribution in [2.75, 3.05) is 0 Å². The first kappa shape index (κ1) is 16.0. The van der Waals surface area contributed by atoms with Gasteiger partial charge in [0.1, 0.15) is 5.75 Å². The zero-order valence-corrected chi connectivity index (χ0v) is 15.9. The van der Waals surface area contributed by atoms with E-state index in [2.05, 4.69) is 59.1 Å². The van der Waals surface area contributed by atoms with Crippen molar-refractivity contribution in [2.45, 2.75) is 32.5 Å². The van der Waals surface area contributed by atoms with Crippen molar-refractivity contribution < 1.29 is 4.74 Å². The molecule has 0 aromatic heterocycles. The second-order valence-corrected chi connectivity index (χ2v) is 7.94. The Balaban J connectivity index is 1.75. The van der Waals surface area contributed by atoms with E-state index in [0.717, 1.165) is 38.5 Å². The fourth-order valence-electron chi connectivity index (χ4n) is 3.34. The SMILES string of the molecule is CC(C)[C@H]1Oc2ccc(Cl)cc2[C@H]2CC(c3ccc(Br)cc3)=NN21. The lowest BCUT2D eigenvalue weighted by molar-refractivity contribution is -0.0461. The molecule has 0 saturated carbocycles. The van der Waals surface area contributed by atoms with Crippen LogP contribution in [0, 0.1) is 5.92 Å². The van der Waals surface area contributed by atoms with Gasteiger partial charge in [-0.1, -0.05) is 53.5 Å². The first-order valence-electron chi connectivity index (χ1n) is 8.11. The molecule has 24 heavy (non-hydrogen) atoms. The predicted molar refractivity (Wildman–Crippen MR) is 101 cm³/mol. The van der Waals surface area contributed by atoms with Crippen molar-refractivity contribution in [1.82, 2.24) is 5.01 Å². The Labute approximate surface area is 155 Å². The molecule has 2 atom stereocenters. The minimum atomic E-state index is -0.0587. The molecule has 2 aromatic rings. The highest BCUT2D eigenvalue weighted by Gasteiger charge is 2.41. The lowest BCUT2D eigenvalue weighted by Gasteiger charge is -2.40. The highest BCUT2D eigenvalue weighted by Crippen LogP contribution is 2.45. The number of halogens is 2. The number of hydrogen-bond acceptors (Lipinski definition) is 3. The number of ether oxygens (including phenoxy) is 1. The van der Waals surface area contributed by atoms with E-state index in [9.17, 15) is 0 Å². The molecule has 2 heterocycles. The molecule has 0 spiro atoms. The molecule has 3 nitrogen and oxygen atoms in total. The number of hydrogen-bond donors (Lipinski definition) is 0. The zero-order valence-electron chi connectivity index (χ0n) is 13.5. The van der Waals surface area contributed by atoms with Crippen LogP contribution in [0.2, 0.25) is 5.02 Å². The molecule has 5 heteroatoms. The third-order valence-corrected chi connectivity index (χ3v) is 5.29. The van der Waals surface area contributed by atoms with Gasteiger partial charge >= 0.3 is 0 Å². The standard InChI is InChI=1S/C19H18BrClN2O/c1-11(2)19-23-17(15-9-14(21)7-8-18(15)24-19)10-16(22-23)12-3-5-13(20)6-4-12/h3-9,11,17,19H,10H2,1-2H3/t17-,19-/m1/s1. The van der Waals surface area contributed by atoms with Crippen molar-refractivity contribution in [3.63, 3.8) is 0 Å². The zero-order chi connectivity index (χ0) is 16.8. The van der Waals surface area contributed by atoms with Gasteiger partial charge in [0.25, 0.3) is 0 Å². The summed E-state index contributed by atoms with van der Waals surface area (Å²) in [5.74, 6) is 1.26. The molecule has 2 aromatic carbocycles. The maximum absolute atomic E-state index is 6.22. The summed E-state index contributed by atoms with van der Waals surface area (Å²) in [5, 5.41) is 7.75. The summed E-state index contributed by atoms with van der Waals surface area (Å²) in [7, 11) is 0. The molecule has 0 unspecified atom stereocenters. The summed E-state index contributed by atoms with van der Waals surface area (Å²) in [5.41, 5.74) is 3.36. The van der Waals surface area contributed by atoms with Crippen LogP contribution in [0.4, 0.5) is 0 Å². The first-order valence-corrected chi connectivity index (χ1v) is 9.28. The van der Waals surface area contributed by atoms with Gasteiger partial charge in [0.05, 0.1) is 11.8 Å². The van der Waals surface area contributed by atoms with Gasteiger partial charge in [-0.05, 0) is 35.9 Å². The topological polar surface area (TPSA) is 24.8 Å². The van der Waals surface area contributed by atoms with Gasteiger partial charge in [0.15, 0.2) is 6.23 Å². The van der Waals surface area contributed by atoms with Crippen molar-refractivity contribution in [3.05, 3.63) is 63.1 Å². The fraction of sp³-hybridized carbons (Fsp3) is 0.316. The summed E-state index contributed by atoms with van der Waals surface area (Å²) in [6, 6.07) is 14.4. The molecule has 0 N–H and O–H groups in total. The van der Waals surface area contributed by atoms with E-state index in [0.29, 0.717) is 5.92 Å². The summed E-state index contributed by atoms with van der Waals surface area (Å²) in [4.78, 5) is 0. The van der Waals surface area contributed by atoms with E-state index < -0.39 is 0 Å². The molecule has 124 valence electrons. The van der Waals surface area contributed by atoms with E-state index >= 15 is 0 Å². The molecule has 0 fully saturated rings. The molecule has 0 aliphatic carbocycles. The van der Waals surface area contributed by atoms with Crippen molar-refractivity contribution in [3.8, 4) is 5.75 Å². The van der Waals surface area contributed by atoms with Crippen molar-refractivity contribution >= 4 is 33.2 Å². The van der Waals surface area contributed by atoms with Gasteiger partial charge in [-0.25, -0.2) is 5.01 Å². The van der Waals surface area contributed by atoms with Crippen LogP contribution in [-0.4, -0.2) is 16.9 Å². The van der Waals surface area contributed by atoms with E-state index in [-0.39, 0.29) is 12.3 Å². The quantitative estimate of drug-likeness (QED) is 0.647. The predicted octanol–water partition coefficient (Wildman–Crippen LogP) is 5.63. The lowest BCUT2D eigenvalue weighted by Crippen LogP contribution is -2.43. The van der Waals surface area contributed by atoms with Crippen LogP contribution >= 0.6 is 27.5 Å². The Morgan fingerprint density at radius 2 is 1.96 bits per heavy atom. The van der Waals surface area contributed by atoms with E-state index in [1.165, 1.54) is 0 Å². The number of hydrazone groups is 1. The molecule has 0 bridgehead atoms. The minimum absolute atomic E-state index is 0.0587. The van der Waals surface area contributed by atoms with Gasteiger partial charge in [0, 0.05) is 27.4 Å². The number of nitrogens with zero attached hydrogens (tertiary/aromatic N) is 2. The van der Waals surface area contributed by atoms with Crippen LogP contribution in [0.15, 0.2) is 52.0 Å². The Morgan fingerprint density at radius 1 is 1.21 bits per heavy atom. The normalized spacial score (nSPS) is 22.0. The summed E-state index contributed by atoms with van der Waals surface area (Å²) < 4.78 is 7.29. The lowest BCUT2D eigenvalue weighted by atomic mass is 9.95. The fourth-order valence-corrected chi connectivity index (χ4v) is 3.79. The van der Waals surface area contributed by atoms with E-state index in [1.807, 2.05) is 18.2 Å². The van der Waals surface area contributed by atoms with E-state index in [1.54, 1.807) is 0 Å². The Kier molecular flexibility index (Phi) is 4.05. The van der Waals surface area contributed by atoms with Gasteiger partial charge in [-0.15, -0.1) is 0 Å². The summed E-state index contributed by atoms with van der Waals surface area (Å²) >= 11 is 9.71. The van der Waals surface area contributed by atoms with Crippen LogP contribution in [-0.2, 0) is 0 Å². The summed E-state index contributed by atoms with van der Waals surface area (Å²) in [6.45, 7) is 4.32. The largest absolute Gasteiger partial charge is 0.468 e.